The van der Waals surface area contributed by atoms with Gasteiger partial charge in [0.05, 0.1) is 10.6 Å². The second-order valence-electron chi connectivity index (χ2n) is 2.87. The summed E-state index contributed by atoms with van der Waals surface area (Å²) < 4.78 is 37.1. The van der Waals surface area contributed by atoms with E-state index in [1.807, 2.05) is 13.8 Å². The largest absolute Gasteiger partial charge is 0.417 e. The van der Waals surface area contributed by atoms with Gasteiger partial charge in [-0.25, -0.2) is 0 Å². The molecule has 6 heteroatoms. The van der Waals surface area contributed by atoms with Gasteiger partial charge in [0, 0.05) is 12.6 Å². The van der Waals surface area contributed by atoms with E-state index in [9.17, 15) is 18.0 Å². The fourth-order valence-electron chi connectivity index (χ4n) is 1.02. The summed E-state index contributed by atoms with van der Waals surface area (Å²) in [6.07, 6.45) is -4.52. The maximum Gasteiger partial charge on any atom is 0.417 e. The van der Waals surface area contributed by atoms with E-state index in [-0.39, 0.29) is 5.69 Å². The maximum absolute atomic E-state index is 12.4. The Labute approximate surface area is 103 Å². The van der Waals surface area contributed by atoms with Crippen molar-refractivity contribution in [2.24, 2.45) is 0 Å². The Kier molecular flexibility index (Phi) is 6.02. The number of carbonyl (C=O) groups is 1. The minimum absolute atomic E-state index is 0.0687. The van der Waals surface area contributed by atoms with Crippen LogP contribution in [0.15, 0.2) is 18.2 Å². The fourth-order valence-corrected chi connectivity index (χ4v) is 1.25. The van der Waals surface area contributed by atoms with Gasteiger partial charge in [-0.2, -0.15) is 13.2 Å². The normalized spacial score (nSPS) is 10.3. The number of hydrogen-bond donors (Lipinski definition) is 1. The van der Waals surface area contributed by atoms with Crippen molar-refractivity contribution in [1.29, 1.82) is 0 Å². The van der Waals surface area contributed by atoms with Crippen LogP contribution in [0.5, 0.6) is 0 Å². The summed E-state index contributed by atoms with van der Waals surface area (Å²) in [5, 5.41) is 1.85. The number of amides is 1. The van der Waals surface area contributed by atoms with Crippen LogP contribution in [0, 0.1) is 0 Å². The average molecular weight is 268 g/mol. The molecule has 0 radical (unpaired) electrons. The highest BCUT2D eigenvalue weighted by Gasteiger charge is 2.33. The van der Waals surface area contributed by atoms with Crippen LogP contribution in [-0.4, -0.2) is 5.91 Å². The lowest BCUT2D eigenvalue weighted by molar-refractivity contribution is -0.137. The van der Waals surface area contributed by atoms with Crippen molar-refractivity contribution in [1.82, 2.24) is 0 Å². The molecule has 96 valence electrons. The molecule has 0 aromatic heterocycles. The van der Waals surface area contributed by atoms with Crippen LogP contribution in [0.2, 0.25) is 5.02 Å². The zero-order chi connectivity index (χ0) is 13.6. The molecular formula is C11H13ClF3NO. The van der Waals surface area contributed by atoms with Crippen LogP contribution in [0.4, 0.5) is 18.9 Å². The van der Waals surface area contributed by atoms with Crippen molar-refractivity contribution in [2.75, 3.05) is 5.32 Å². The lowest BCUT2D eigenvalue weighted by Gasteiger charge is -2.10. The number of anilines is 1. The summed E-state index contributed by atoms with van der Waals surface area (Å²) in [5.41, 5.74) is -0.894. The van der Waals surface area contributed by atoms with Gasteiger partial charge in [-0.3, -0.25) is 4.79 Å². The van der Waals surface area contributed by atoms with E-state index in [0.717, 1.165) is 12.1 Å². The van der Waals surface area contributed by atoms with Crippen molar-refractivity contribution in [3.8, 4) is 0 Å². The third-order valence-electron chi connectivity index (χ3n) is 1.59. The molecule has 1 aromatic carbocycles. The van der Waals surface area contributed by atoms with E-state index in [1.54, 1.807) is 0 Å². The number of hydrogen-bond acceptors (Lipinski definition) is 1. The van der Waals surface area contributed by atoms with Gasteiger partial charge in [0.25, 0.3) is 0 Å². The zero-order valence-electron chi connectivity index (χ0n) is 9.65. The summed E-state index contributed by atoms with van der Waals surface area (Å²) >= 11 is 5.38. The first kappa shape index (κ1) is 15.8. The minimum Gasteiger partial charge on any atom is -0.326 e. The molecule has 1 rings (SSSR count). The van der Waals surface area contributed by atoms with Gasteiger partial charge >= 0.3 is 6.18 Å². The summed E-state index contributed by atoms with van der Waals surface area (Å²) in [6, 6.07) is 3.19. The molecule has 17 heavy (non-hydrogen) atoms. The molecule has 0 aliphatic rings. The third-order valence-corrected chi connectivity index (χ3v) is 1.92. The zero-order valence-corrected chi connectivity index (χ0v) is 10.4. The second-order valence-corrected chi connectivity index (χ2v) is 3.28. The molecule has 0 saturated carbocycles. The monoisotopic (exact) mass is 267 g/mol. The molecule has 0 spiro atoms. The number of halogens is 4. The SMILES string of the molecule is CC.CC(=O)Nc1ccc(Cl)c(C(F)(F)F)c1. The van der Waals surface area contributed by atoms with Crippen LogP contribution in [0.1, 0.15) is 26.3 Å². The minimum atomic E-state index is -4.52. The first-order valence-electron chi connectivity index (χ1n) is 4.95. The first-order chi connectivity index (χ1) is 7.80. The van der Waals surface area contributed by atoms with Gasteiger partial charge in [0.1, 0.15) is 0 Å². The number of benzene rings is 1. The smallest absolute Gasteiger partial charge is 0.326 e. The molecule has 0 atom stereocenters. The standard InChI is InChI=1S/C9H7ClF3NO.C2H6/c1-5(15)14-6-2-3-8(10)7(4-6)9(11,12)13;1-2/h2-4H,1H3,(H,14,15);1-2H3. The van der Waals surface area contributed by atoms with Gasteiger partial charge in [0.15, 0.2) is 0 Å². The Morgan fingerprint density at radius 1 is 1.29 bits per heavy atom. The molecular weight excluding hydrogens is 255 g/mol. The quantitative estimate of drug-likeness (QED) is 0.805. The lowest BCUT2D eigenvalue weighted by Crippen LogP contribution is -2.09. The molecule has 1 amide bonds. The van der Waals surface area contributed by atoms with E-state index < -0.39 is 22.7 Å². The number of rotatable bonds is 1. The lowest BCUT2D eigenvalue weighted by atomic mass is 10.2. The molecule has 0 saturated heterocycles. The van der Waals surface area contributed by atoms with E-state index in [1.165, 1.54) is 13.0 Å². The molecule has 0 heterocycles. The molecule has 2 nitrogen and oxygen atoms in total. The predicted molar refractivity (Wildman–Crippen MR) is 62.1 cm³/mol. The van der Waals surface area contributed by atoms with Crippen molar-refractivity contribution in [2.45, 2.75) is 26.9 Å². The number of nitrogens with one attached hydrogen (secondary N) is 1. The Morgan fingerprint density at radius 2 is 1.82 bits per heavy atom. The van der Waals surface area contributed by atoms with Gasteiger partial charge in [0.2, 0.25) is 5.91 Å². The van der Waals surface area contributed by atoms with E-state index in [2.05, 4.69) is 5.32 Å². The van der Waals surface area contributed by atoms with Crippen LogP contribution in [-0.2, 0) is 11.0 Å². The Morgan fingerprint density at radius 3 is 2.24 bits per heavy atom. The van der Waals surface area contributed by atoms with Crippen molar-refractivity contribution in [3.63, 3.8) is 0 Å². The van der Waals surface area contributed by atoms with Crippen molar-refractivity contribution < 1.29 is 18.0 Å². The van der Waals surface area contributed by atoms with E-state index in [4.69, 9.17) is 11.6 Å². The molecule has 0 aliphatic carbocycles. The maximum atomic E-state index is 12.4. The summed E-state index contributed by atoms with van der Waals surface area (Å²) in [6.45, 7) is 5.21. The second kappa shape index (κ2) is 6.49. The summed E-state index contributed by atoms with van der Waals surface area (Å²) in [7, 11) is 0. The highest BCUT2D eigenvalue weighted by Crippen LogP contribution is 2.36. The van der Waals surface area contributed by atoms with Gasteiger partial charge in [-0.15, -0.1) is 0 Å². The van der Waals surface area contributed by atoms with E-state index >= 15 is 0 Å². The Hall–Kier alpha value is -1.23. The highest BCUT2D eigenvalue weighted by molar-refractivity contribution is 6.31. The molecule has 1 aromatic rings. The first-order valence-corrected chi connectivity index (χ1v) is 5.33. The predicted octanol–water partition coefficient (Wildman–Crippen LogP) is 4.34. The van der Waals surface area contributed by atoms with Gasteiger partial charge in [-0.1, -0.05) is 25.4 Å². The number of alkyl halides is 3. The molecule has 0 unspecified atom stereocenters. The van der Waals surface area contributed by atoms with Crippen molar-refractivity contribution in [3.05, 3.63) is 28.8 Å². The van der Waals surface area contributed by atoms with Crippen LogP contribution in [0.25, 0.3) is 0 Å². The highest BCUT2D eigenvalue weighted by atomic mass is 35.5. The van der Waals surface area contributed by atoms with Gasteiger partial charge in [-0.05, 0) is 18.2 Å². The summed E-state index contributed by atoms with van der Waals surface area (Å²) in [4.78, 5) is 10.6. The van der Waals surface area contributed by atoms with Gasteiger partial charge < -0.3 is 5.32 Å². The fraction of sp³-hybridized carbons (Fsp3) is 0.364. The summed E-state index contributed by atoms with van der Waals surface area (Å²) in [5.74, 6) is -0.439. The number of carbonyl (C=O) groups excluding carboxylic acids is 1. The van der Waals surface area contributed by atoms with Crippen molar-refractivity contribution >= 4 is 23.2 Å². The molecule has 1 N–H and O–H groups in total. The topological polar surface area (TPSA) is 29.1 Å². The van der Waals surface area contributed by atoms with E-state index in [0.29, 0.717) is 0 Å². The molecule has 0 bridgehead atoms. The van der Waals surface area contributed by atoms with Crippen LogP contribution >= 0.6 is 11.6 Å². The Bertz CT molecular complexity index is 391. The molecule has 0 aliphatic heterocycles. The molecule has 0 fully saturated rings. The van der Waals surface area contributed by atoms with Crippen LogP contribution in [0.3, 0.4) is 0 Å². The third kappa shape index (κ3) is 5.08. The Balaban J connectivity index is 0.00000121. The average Bonchev–Trinajstić information content (AvgIpc) is 2.21. The van der Waals surface area contributed by atoms with Crippen LogP contribution < -0.4 is 5.32 Å².